The highest BCUT2D eigenvalue weighted by molar-refractivity contribution is 6.70. The number of ether oxygens (including phenoxy) is 1. The van der Waals surface area contributed by atoms with Crippen LogP contribution in [0.5, 0.6) is 5.75 Å². The van der Waals surface area contributed by atoms with E-state index in [9.17, 15) is 0 Å². The lowest BCUT2D eigenvalue weighted by Crippen LogP contribution is -2.26. The quantitative estimate of drug-likeness (QED) is 0.741. The Labute approximate surface area is 127 Å². The Morgan fingerprint density at radius 2 is 1.57 bits per heavy atom. The largest absolute Gasteiger partial charge is 0.544 e. The van der Waals surface area contributed by atoms with E-state index in [1.165, 1.54) is 0 Å². The summed E-state index contributed by atoms with van der Waals surface area (Å²) in [7, 11) is -1.67. The normalized spacial score (nSPS) is 17.5. The summed E-state index contributed by atoms with van der Waals surface area (Å²) in [6, 6.07) is 18.3. The zero-order valence-electron chi connectivity index (χ0n) is 12.7. The first kappa shape index (κ1) is 14.0. The average Bonchev–Trinajstić information content (AvgIpc) is 2.46. The van der Waals surface area contributed by atoms with Crippen molar-refractivity contribution in [2.75, 3.05) is 0 Å². The molecule has 3 heteroatoms. The Kier molecular flexibility index (Phi) is 3.60. The van der Waals surface area contributed by atoms with Gasteiger partial charge in [0.1, 0.15) is 17.6 Å². The number of hydrogen-bond acceptors (Lipinski definition) is 2. The van der Waals surface area contributed by atoms with Crippen molar-refractivity contribution in [3.8, 4) is 5.75 Å². The Morgan fingerprint density at radius 3 is 2.29 bits per heavy atom. The van der Waals surface area contributed by atoms with Crippen LogP contribution in [0.25, 0.3) is 5.76 Å². The van der Waals surface area contributed by atoms with Gasteiger partial charge in [-0.25, -0.2) is 0 Å². The number of benzene rings is 2. The molecular formula is C18H20O2Si. The molecule has 21 heavy (non-hydrogen) atoms. The van der Waals surface area contributed by atoms with Crippen molar-refractivity contribution in [2.45, 2.75) is 25.7 Å². The molecule has 0 N–H and O–H groups in total. The lowest BCUT2D eigenvalue weighted by molar-refractivity contribution is 0.245. The van der Waals surface area contributed by atoms with Crippen molar-refractivity contribution in [1.82, 2.24) is 0 Å². The molecule has 2 nitrogen and oxygen atoms in total. The van der Waals surface area contributed by atoms with Crippen molar-refractivity contribution >= 4 is 14.1 Å². The summed E-state index contributed by atoms with van der Waals surface area (Å²) in [6.07, 6.45) is 2.00. The highest BCUT2D eigenvalue weighted by Gasteiger charge is 2.26. The third-order valence-corrected chi connectivity index (χ3v) is 4.09. The summed E-state index contributed by atoms with van der Waals surface area (Å²) in [5, 5.41) is 0. The summed E-state index contributed by atoms with van der Waals surface area (Å²) >= 11 is 0. The molecule has 3 rings (SSSR count). The Morgan fingerprint density at radius 1 is 0.905 bits per heavy atom. The molecule has 2 aromatic rings. The van der Waals surface area contributed by atoms with E-state index < -0.39 is 8.32 Å². The van der Waals surface area contributed by atoms with Crippen molar-refractivity contribution in [1.29, 1.82) is 0 Å². The van der Waals surface area contributed by atoms with E-state index in [1.807, 2.05) is 36.4 Å². The molecule has 0 spiro atoms. The number of rotatable bonds is 3. The third-order valence-electron chi connectivity index (χ3n) is 3.25. The SMILES string of the molecule is C[Si](C)(C)OC1=CC(c2ccccc2)Oc2ccccc21. The molecule has 1 aliphatic heterocycles. The number of hydrogen-bond donors (Lipinski definition) is 0. The van der Waals surface area contributed by atoms with Gasteiger partial charge in [-0.15, -0.1) is 0 Å². The fourth-order valence-corrected chi connectivity index (χ4v) is 3.23. The minimum Gasteiger partial charge on any atom is -0.544 e. The van der Waals surface area contributed by atoms with E-state index in [2.05, 4.69) is 43.9 Å². The maximum absolute atomic E-state index is 6.28. The number of fused-ring (bicyclic) bond motifs is 1. The van der Waals surface area contributed by atoms with E-state index in [0.717, 1.165) is 22.6 Å². The van der Waals surface area contributed by atoms with Crippen LogP contribution in [0.4, 0.5) is 0 Å². The Balaban J connectivity index is 2.02. The summed E-state index contributed by atoms with van der Waals surface area (Å²) in [5.74, 6) is 1.84. The van der Waals surface area contributed by atoms with E-state index >= 15 is 0 Å². The highest BCUT2D eigenvalue weighted by atomic mass is 28.4. The summed E-state index contributed by atoms with van der Waals surface area (Å²) < 4.78 is 12.4. The molecule has 0 amide bonds. The van der Waals surface area contributed by atoms with Gasteiger partial charge >= 0.3 is 0 Å². The predicted molar refractivity (Wildman–Crippen MR) is 88.7 cm³/mol. The minimum atomic E-state index is -1.67. The summed E-state index contributed by atoms with van der Waals surface area (Å²) in [4.78, 5) is 0. The first-order chi connectivity index (χ1) is 10.0. The molecule has 1 atom stereocenters. The van der Waals surface area contributed by atoms with Gasteiger partial charge in [0.25, 0.3) is 0 Å². The van der Waals surface area contributed by atoms with E-state index in [1.54, 1.807) is 0 Å². The Hall–Kier alpha value is -2.00. The smallest absolute Gasteiger partial charge is 0.242 e. The maximum Gasteiger partial charge on any atom is 0.242 e. The topological polar surface area (TPSA) is 18.5 Å². The summed E-state index contributed by atoms with van der Waals surface area (Å²) in [5.41, 5.74) is 2.19. The predicted octanol–water partition coefficient (Wildman–Crippen LogP) is 5.01. The molecule has 0 bridgehead atoms. The van der Waals surface area contributed by atoms with Crippen LogP contribution in [0, 0.1) is 0 Å². The second kappa shape index (κ2) is 5.41. The molecule has 0 saturated carbocycles. The summed E-state index contributed by atoms with van der Waals surface area (Å²) in [6.45, 7) is 6.59. The van der Waals surface area contributed by atoms with E-state index in [0.29, 0.717) is 0 Å². The molecule has 1 aliphatic rings. The van der Waals surface area contributed by atoms with Gasteiger partial charge in [-0.1, -0.05) is 42.5 Å². The van der Waals surface area contributed by atoms with Crippen molar-refractivity contribution in [2.24, 2.45) is 0 Å². The zero-order chi connectivity index (χ0) is 14.9. The molecule has 2 aromatic carbocycles. The molecule has 108 valence electrons. The first-order valence-corrected chi connectivity index (χ1v) is 10.7. The standard InChI is InChI=1S/C18H20O2Si/c1-21(2,3)20-18-13-17(14-9-5-4-6-10-14)19-16-12-8-7-11-15(16)18/h4-13,17H,1-3H3. The first-order valence-electron chi connectivity index (χ1n) is 7.25. The Bertz CT molecular complexity index is 656. The minimum absolute atomic E-state index is 0.0903. The van der Waals surface area contributed by atoms with Crippen molar-refractivity contribution < 1.29 is 9.16 Å². The van der Waals surface area contributed by atoms with Crippen LogP contribution in [0.1, 0.15) is 17.2 Å². The van der Waals surface area contributed by atoms with Crippen LogP contribution in [0.15, 0.2) is 60.7 Å². The third kappa shape index (κ3) is 3.19. The monoisotopic (exact) mass is 296 g/mol. The van der Waals surface area contributed by atoms with Crippen molar-refractivity contribution in [3.63, 3.8) is 0 Å². The lowest BCUT2D eigenvalue weighted by atomic mass is 10.0. The van der Waals surface area contributed by atoms with Crippen molar-refractivity contribution in [3.05, 3.63) is 71.8 Å². The van der Waals surface area contributed by atoms with Crippen LogP contribution >= 0.6 is 0 Å². The van der Waals surface area contributed by atoms with E-state index in [4.69, 9.17) is 9.16 Å². The maximum atomic E-state index is 6.28. The lowest BCUT2D eigenvalue weighted by Gasteiger charge is -2.29. The second-order valence-corrected chi connectivity index (χ2v) is 10.6. The molecule has 1 unspecified atom stereocenters. The van der Waals surface area contributed by atoms with E-state index in [-0.39, 0.29) is 6.10 Å². The molecule has 1 heterocycles. The van der Waals surface area contributed by atoms with Gasteiger partial charge in [0.2, 0.25) is 8.32 Å². The van der Waals surface area contributed by atoms with Crippen LogP contribution < -0.4 is 4.74 Å². The molecule has 0 aromatic heterocycles. The second-order valence-electron chi connectivity index (χ2n) is 6.19. The van der Waals surface area contributed by atoms with Crippen LogP contribution in [0.2, 0.25) is 19.6 Å². The van der Waals surface area contributed by atoms with Crippen LogP contribution in [0.3, 0.4) is 0 Å². The van der Waals surface area contributed by atoms with Crippen LogP contribution in [-0.4, -0.2) is 8.32 Å². The number of para-hydroxylation sites is 1. The van der Waals surface area contributed by atoms with Gasteiger partial charge in [0.15, 0.2) is 0 Å². The fraction of sp³-hybridized carbons (Fsp3) is 0.222. The van der Waals surface area contributed by atoms with Gasteiger partial charge in [0, 0.05) is 6.08 Å². The molecular weight excluding hydrogens is 276 g/mol. The van der Waals surface area contributed by atoms with Gasteiger partial charge in [-0.05, 0) is 37.3 Å². The average molecular weight is 296 g/mol. The van der Waals surface area contributed by atoms with Gasteiger partial charge in [0.05, 0.1) is 5.56 Å². The van der Waals surface area contributed by atoms with Crippen LogP contribution in [-0.2, 0) is 4.43 Å². The highest BCUT2D eigenvalue weighted by Crippen LogP contribution is 2.38. The molecule has 0 fully saturated rings. The van der Waals surface area contributed by atoms with Gasteiger partial charge in [-0.2, -0.15) is 0 Å². The van der Waals surface area contributed by atoms with Gasteiger partial charge in [-0.3, -0.25) is 0 Å². The molecule has 0 aliphatic carbocycles. The zero-order valence-corrected chi connectivity index (χ0v) is 13.7. The van der Waals surface area contributed by atoms with Gasteiger partial charge < -0.3 is 9.16 Å². The molecule has 0 saturated heterocycles. The fourth-order valence-electron chi connectivity index (χ4n) is 2.40. The molecule has 0 radical (unpaired) electrons.